The van der Waals surface area contributed by atoms with E-state index >= 15 is 0 Å². The first-order valence-electron chi connectivity index (χ1n) is 6.89. The lowest BCUT2D eigenvalue weighted by Gasteiger charge is -2.39. The molecule has 0 saturated carbocycles. The average molecular weight is 240 g/mol. The summed E-state index contributed by atoms with van der Waals surface area (Å²) in [4.78, 5) is 0. The number of rotatable bonds is 5. The van der Waals surface area contributed by atoms with Gasteiger partial charge in [0.1, 0.15) is 0 Å². The summed E-state index contributed by atoms with van der Waals surface area (Å²) in [5, 5.41) is 0. The van der Waals surface area contributed by atoms with Gasteiger partial charge in [0.25, 0.3) is 0 Å². The summed E-state index contributed by atoms with van der Waals surface area (Å²) in [7, 11) is -1.46. The Hall–Kier alpha value is -0.243. The smallest absolute Gasteiger partial charge is 0.250 e. The van der Waals surface area contributed by atoms with Gasteiger partial charge >= 0.3 is 0 Å². The predicted octanol–water partition coefficient (Wildman–Crippen LogP) is 5.10. The van der Waals surface area contributed by atoms with Gasteiger partial charge < -0.3 is 4.43 Å². The lowest BCUT2D eigenvalue weighted by molar-refractivity contribution is 0.230. The van der Waals surface area contributed by atoms with Gasteiger partial charge in [-0.25, -0.2) is 0 Å². The van der Waals surface area contributed by atoms with Gasteiger partial charge in [0.2, 0.25) is 8.32 Å². The third kappa shape index (κ3) is 2.91. The van der Waals surface area contributed by atoms with Gasteiger partial charge in [-0.2, -0.15) is 0 Å². The van der Waals surface area contributed by atoms with E-state index in [9.17, 15) is 0 Å². The zero-order valence-electron chi connectivity index (χ0n) is 11.7. The molecule has 0 spiro atoms. The van der Waals surface area contributed by atoms with Crippen LogP contribution >= 0.6 is 0 Å². The second-order valence-electron chi connectivity index (χ2n) is 5.69. The van der Waals surface area contributed by atoms with Crippen LogP contribution in [0.3, 0.4) is 0 Å². The second-order valence-corrected chi connectivity index (χ2v) is 10.4. The Bertz CT molecular complexity index is 243. The van der Waals surface area contributed by atoms with Crippen molar-refractivity contribution in [3.05, 3.63) is 11.8 Å². The van der Waals surface area contributed by atoms with E-state index in [1.807, 2.05) is 0 Å². The molecule has 1 nitrogen and oxygen atoms in total. The van der Waals surface area contributed by atoms with Crippen LogP contribution in [0, 0.1) is 5.41 Å². The Balaban J connectivity index is 2.82. The monoisotopic (exact) mass is 240 g/mol. The van der Waals surface area contributed by atoms with E-state index in [1.54, 1.807) is 0 Å². The Morgan fingerprint density at radius 3 is 2.19 bits per heavy atom. The second kappa shape index (κ2) is 5.39. The predicted molar refractivity (Wildman–Crippen MR) is 74.0 cm³/mol. The summed E-state index contributed by atoms with van der Waals surface area (Å²) in [6, 6.07) is 3.73. The Kier molecular flexibility index (Phi) is 4.66. The molecule has 0 saturated heterocycles. The van der Waals surface area contributed by atoms with Gasteiger partial charge in [-0.15, -0.1) is 0 Å². The fourth-order valence-corrected chi connectivity index (χ4v) is 5.32. The lowest BCUT2D eigenvalue weighted by atomic mass is 9.81. The minimum atomic E-state index is -1.46. The first-order chi connectivity index (χ1) is 7.49. The SMILES string of the molecule is CC[Si](CC)(CC)OC1=CCCCC1(C)C. The van der Waals surface area contributed by atoms with Crippen molar-refractivity contribution in [2.24, 2.45) is 5.41 Å². The fraction of sp³-hybridized carbons (Fsp3) is 0.857. The molecule has 0 unspecified atom stereocenters. The third-order valence-electron chi connectivity index (χ3n) is 4.26. The molecule has 16 heavy (non-hydrogen) atoms. The molecule has 0 atom stereocenters. The Morgan fingerprint density at radius 1 is 1.19 bits per heavy atom. The maximum absolute atomic E-state index is 6.54. The average Bonchev–Trinajstić information content (AvgIpc) is 2.28. The highest BCUT2D eigenvalue weighted by Crippen LogP contribution is 2.40. The van der Waals surface area contributed by atoms with Crippen molar-refractivity contribution in [2.45, 2.75) is 72.0 Å². The van der Waals surface area contributed by atoms with Crippen molar-refractivity contribution in [1.82, 2.24) is 0 Å². The molecule has 1 rings (SSSR count). The Morgan fingerprint density at radius 2 is 1.75 bits per heavy atom. The van der Waals surface area contributed by atoms with E-state index in [-0.39, 0.29) is 5.41 Å². The molecule has 0 radical (unpaired) electrons. The molecule has 1 aliphatic rings. The van der Waals surface area contributed by atoms with E-state index < -0.39 is 8.32 Å². The molecule has 0 heterocycles. The van der Waals surface area contributed by atoms with Gasteiger partial charge in [-0.1, -0.05) is 34.6 Å². The van der Waals surface area contributed by atoms with Crippen molar-refractivity contribution in [3.8, 4) is 0 Å². The topological polar surface area (TPSA) is 9.23 Å². The van der Waals surface area contributed by atoms with Gasteiger partial charge in [-0.3, -0.25) is 0 Å². The van der Waals surface area contributed by atoms with Crippen LogP contribution in [0.15, 0.2) is 11.8 Å². The number of hydrogen-bond donors (Lipinski definition) is 0. The molecular formula is C14H28OSi. The van der Waals surface area contributed by atoms with E-state index in [4.69, 9.17) is 4.43 Å². The minimum absolute atomic E-state index is 0.274. The molecular weight excluding hydrogens is 212 g/mol. The molecule has 2 heteroatoms. The van der Waals surface area contributed by atoms with Crippen molar-refractivity contribution in [1.29, 1.82) is 0 Å². The van der Waals surface area contributed by atoms with Gasteiger partial charge in [0, 0.05) is 5.41 Å². The van der Waals surface area contributed by atoms with Crippen LogP contribution in [0.2, 0.25) is 18.1 Å². The summed E-state index contributed by atoms with van der Waals surface area (Å²) in [6.07, 6.45) is 6.16. The summed E-state index contributed by atoms with van der Waals surface area (Å²) >= 11 is 0. The molecule has 0 fully saturated rings. The maximum Gasteiger partial charge on any atom is 0.250 e. The van der Waals surface area contributed by atoms with Crippen LogP contribution in [0.1, 0.15) is 53.9 Å². The van der Waals surface area contributed by atoms with Gasteiger partial charge in [-0.05, 0) is 43.5 Å². The zero-order valence-corrected chi connectivity index (χ0v) is 12.7. The quantitative estimate of drug-likeness (QED) is 0.607. The highest BCUT2D eigenvalue weighted by Gasteiger charge is 2.36. The highest BCUT2D eigenvalue weighted by atomic mass is 28.4. The van der Waals surface area contributed by atoms with E-state index in [2.05, 4.69) is 40.7 Å². The van der Waals surface area contributed by atoms with Crippen LogP contribution in [0.25, 0.3) is 0 Å². The van der Waals surface area contributed by atoms with Crippen LogP contribution in [-0.4, -0.2) is 8.32 Å². The van der Waals surface area contributed by atoms with Gasteiger partial charge in [0.05, 0.1) is 5.76 Å². The minimum Gasteiger partial charge on any atom is -0.546 e. The first-order valence-corrected chi connectivity index (χ1v) is 9.42. The molecule has 0 bridgehead atoms. The molecule has 0 aliphatic heterocycles. The maximum atomic E-state index is 6.54. The summed E-state index contributed by atoms with van der Waals surface area (Å²) in [5.74, 6) is 1.30. The summed E-state index contributed by atoms with van der Waals surface area (Å²) < 4.78 is 6.54. The van der Waals surface area contributed by atoms with Crippen LogP contribution in [0.4, 0.5) is 0 Å². The van der Waals surface area contributed by atoms with Crippen molar-refractivity contribution in [3.63, 3.8) is 0 Å². The molecule has 0 amide bonds. The van der Waals surface area contributed by atoms with Crippen molar-refractivity contribution in [2.75, 3.05) is 0 Å². The Labute approximate surface area is 102 Å². The van der Waals surface area contributed by atoms with Crippen molar-refractivity contribution >= 4 is 8.32 Å². The number of allylic oxidation sites excluding steroid dienone is 2. The van der Waals surface area contributed by atoms with E-state index in [1.165, 1.54) is 43.2 Å². The summed E-state index contributed by atoms with van der Waals surface area (Å²) in [6.45, 7) is 11.6. The molecule has 1 aliphatic carbocycles. The standard InChI is InChI=1S/C14H28OSi/c1-6-16(7-2,8-3)15-13-11-9-10-12-14(13,4)5/h11H,6-10,12H2,1-5H3. The fourth-order valence-electron chi connectivity index (χ4n) is 2.56. The van der Waals surface area contributed by atoms with Crippen molar-refractivity contribution < 1.29 is 4.43 Å². The van der Waals surface area contributed by atoms with Crippen LogP contribution in [0.5, 0.6) is 0 Å². The third-order valence-corrected chi connectivity index (χ3v) is 8.78. The van der Waals surface area contributed by atoms with Crippen LogP contribution in [-0.2, 0) is 4.43 Å². The zero-order chi connectivity index (χ0) is 12.2. The molecule has 0 aromatic heterocycles. The normalized spacial score (nSPS) is 20.4. The molecule has 94 valence electrons. The highest BCUT2D eigenvalue weighted by molar-refractivity contribution is 6.73. The van der Waals surface area contributed by atoms with E-state index in [0.717, 1.165) is 0 Å². The van der Waals surface area contributed by atoms with Gasteiger partial charge in [0.15, 0.2) is 0 Å². The molecule has 0 aromatic rings. The first kappa shape index (κ1) is 13.8. The molecule has 0 N–H and O–H groups in total. The largest absolute Gasteiger partial charge is 0.546 e. The van der Waals surface area contributed by atoms with Crippen LogP contribution < -0.4 is 0 Å². The molecule has 0 aromatic carbocycles. The lowest BCUT2D eigenvalue weighted by Crippen LogP contribution is -2.38. The summed E-state index contributed by atoms with van der Waals surface area (Å²) in [5.41, 5.74) is 0.274. The van der Waals surface area contributed by atoms with E-state index in [0.29, 0.717) is 0 Å². The number of hydrogen-bond acceptors (Lipinski definition) is 1.